The lowest BCUT2D eigenvalue weighted by atomic mass is 10.1. The van der Waals surface area contributed by atoms with Gasteiger partial charge in [0, 0.05) is 16.9 Å². The standard InChI is InChI=1S/C15H23N3OS/c1-3-20-13-6-5-12(9-13)17-15(19)11-4-7-14(18-16)10(2)8-11/h4,7-8,12-13,18H,3,5-6,9,16H2,1-2H3,(H,17,19). The molecule has 20 heavy (non-hydrogen) atoms. The second kappa shape index (κ2) is 6.99. The van der Waals surface area contributed by atoms with Gasteiger partial charge in [-0.15, -0.1) is 0 Å². The van der Waals surface area contributed by atoms with Crippen LogP contribution in [0.2, 0.25) is 0 Å². The van der Waals surface area contributed by atoms with E-state index in [1.165, 1.54) is 6.42 Å². The second-order valence-electron chi connectivity index (χ2n) is 5.23. The predicted octanol–water partition coefficient (Wildman–Crippen LogP) is 2.68. The highest BCUT2D eigenvalue weighted by Crippen LogP contribution is 2.29. The van der Waals surface area contributed by atoms with Crippen LogP contribution in [0.15, 0.2) is 18.2 Å². The molecule has 4 nitrogen and oxygen atoms in total. The van der Waals surface area contributed by atoms with Gasteiger partial charge < -0.3 is 10.7 Å². The number of aryl methyl sites for hydroxylation is 1. The minimum atomic E-state index is 0.0174. The normalized spacial score (nSPS) is 21.8. The van der Waals surface area contributed by atoms with Gasteiger partial charge in [0.25, 0.3) is 5.91 Å². The highest BCUT2D eigenvalue weighted by Gasteiger charge is 2.26. The van der Waals surface area contributed by atoms with Crippen LogP contribution in [0, 0.1) is 6.92 Å². The van der Waals surface area contributed by atoms with E-state index in [9.17, 15) is 4.79 Å². The van der Waals surface area contributed by atoms with Crippen molar-refractivity contribution in [1.29, 1.82) is 0 Å². The number of carbonyl (C=O) groups excluding carboxylic acids is 1. The summed E-state index contributed by atoms with van der Waals surface area (Å²) < 4.78 is 0. The van der Waals surface area contributed by atoms with Crippen molar-refractivity contribution in [2.45, 2.75) is 44.4 Å². The lowest BCUT2D eigenvalue weighted by molar-refractivity contribution is 0.0938. The van der Waals surface area contributed by atoms with Crippen molar-refractivity contribution in [3.63, 3.8) is 0 Å². The Kier molecular flexibility index (Phi) is 5.31. The molecule has 1 fully saturated rings. The van der Waals surface area contributed by atoms with E-state index in [0.29, 0.717) is 16.9 Å². The van der Waals surface area contributed by atoms with E-state index >= 15 is 0 Å². The summed E-state index contributed by atoms with van der Waals surface area (Å²) in [4.78, 5) is 12.2. The number of benzene rings is 1. The summed E-state index contributed by atoms with van der Waals surface area (Å²) >= 11 is 2.00. The van der Waals surface area contributed by atoms with Gasteiger partial charge in [-0.1, -0.05) is 6.92 Å². The van der Waals surface area contributed by atoms with Gasteiger partial charge in [0.05, 0.1) is 5.69 Å². The van der Waals surface area contributed by atoms with Crippen LogP contribution in [-0.2, 0) is 0 Å². The molecule has 2 rings (SSSR count). The third-order valence-corrected chi connectivity index (χ3v) is 5.00. The Morgan fingerprint density at radius 2 is 2.25 bits per heavy atom. The molecule has 2 unspecified atom stereocenters. The first-order valence-corrected chi connectivity index (χ1v) is 8.18. The molecule has 0 aromatic heterocycles. The highest BCUT2D eigenvalue weighted by atomic mass is 32.2. The van der Waals surface area contributed by atoms with Crippen LogP contribution in [0.3, 0.4) is 0 Å². The maximum atomic E-state index is 12.2. The zero-order chi connectivity index (χ0) is 14.5. The zero-order valence-electron chi connectivity index (χ0n) is 12.1. The molecule has 1 aromatic rings. The maximum absolute atomic E-state index is 12.2. The number of hydrogen-bond donors (Lipinski definition) is 3. The smallest absolute Gasteiger partial charge is 0.251 e. The molecule has 1 aromatic carbocycles. The number of amides is 1. The molecule has 1 saturated carbocycles. The number of nitrogen functional groups attached to an aromatic ring is 1. The molecule has 2 atom stereocenters. The molecule has 1 amide bonds. The minimum Gasteiger partial charge on any atom is -0.349 e. The Balaban J connectivity index is 1.94. The Morgan fingerprint density at radius 1 is 1.45 bits per heavy atom. The van der Waals surface area contributed by atoms with E-state index in [1.54, 1.807) is 0 Å². The van der Waals surface area contributed by atoms with E-state index in [1.807, 2.05) is 36.9 Å². The van der Waals surface area contributed by atoms with Crippen molar-refractivity contribution in [1.82, 2.24) is 5.32 Å². The maximum Gasteiger partial charge on any atom is 0.251 e. The average molecular weight is 293 g/mol. The van der Waals surface area contributed by atoms with E-state index in [2.05, 4.69) is 17.7 Å². The average Bonchev–Trinajstić information content (AvgIpc) is 2.86. The van der Waals surface area contributed by atoms with Crippen LogP contribution in [-0.4, -0.2) is 23.0 Å². The second-order valence-corrected chi connectivity index (χ2v) is 6.81. The number of anilines is 1. The Labute approximate surface area is 124 Å². The topological polar surface area (TPSA) is 67.2 Å². The summed E-state index contributed by atoms with van der Waals surface area (Å²) in [6.07, 6.45) is 3.38. The van der Waals surface area contributed by atoms with Crippen LogP contribution in [0.25, 0.3) is 0 Å². The molecule has 1 aliphatic carbocycles. The van der Waals surface area contributed by atoms with Gasteiger partial charge in [0.2, 0.25) is 0 Å². The summed E-state index contributed by atoms with van der Waals surface area (Å²) in [6, 6.07) is 5.84. The highest BCUT2D eigenvalue weighted by molar-refractivity contribution is 7.99. The van der Waals surface area contributed by atoms with Crippen LogP contribution >= 0.6 is 11.8 Å². The van der Waals surface area contributed by atoms with Crippen molar-refractivity contribution >= 4 is 23.4 Å². The molecule has 0 heterocycles. The summed E-state index contributed by atoms with van der Waals surface area (Å²) in [5.74, 6) is 6.57. The number of hydrogen-bond acceptors (Lipinski definition) is 4. The lowest BCUT2D eigenvalue weighted by Gasteiger charge is -2.14. The monoisotopic (exact) mass is 293 g/mol. The van der Waals surface area contributed by atoms with E-state index < -0.39 is 0 Å². The van der Waals surface area contributed by atoms with Crippen LogP contribution in [0.1, 0.15) is 42.1 Å². The molecular formula is C15H23N3OS. The van der Waals surface area contributed by atoms with Crippen molar-refractivity contribution in [3.8, 4) is 0 Å². The van der Waals surface area contributed by atoms with Crippen LogP contribution in [0.5, 0.6) is 0 Å². The predicted molar refractivity (Wildman–Crippen MR) is 86.0 cm³/mol. The zero-order valence-corrected chi connectivity index (χ0v) is 12.9. The minimum absolute atomic E-state index is 0.0174. The molecule has 0 bridgehead atoms. The van der Waals surface area contributed by atoms with Gasteiger partial charge >= 0.3 is 0 Å². The summed E-state index contributed by atoms with van der Waals surface area (Å²) in [5, 5.41) is 3.85. The molecule has 1 aliphatic rings. The molecule has 110 valence electrons. The summed E-state index contributed by atoms with van der Waals surface area (Å²) in [5.41, 5.74) is 5.15. The fraction of sp³-hybridized carbons (Fsp3) is 0.533. The number of nitrogens with two attached hydrogens (primary N) is 1. The van der Waals surface area contributed by atoms with Crippen molar-refractivity contribution in [2.24, 2.45) is 5.84 Å². The quantitative estimate of drug-likeness (QED) is 0.577. The van der Waals surface area contributed by atoms with Gasteiger partial charge in [0.1, 0.15) is 0 Å². The Morgan fingerprint density at radius 3 is 2.90 bits per heavy atom. The third-order valence-electron chi connectivity index (χ3n) is 3.77. The SMILES string of the molecule is CCSC1CCC(NC(=O)c2ccc(NN)c(C)c2)C1. The Hall–Kier alpha value is -1.20. The third kappa shape index (κ3) is 3.67. The molecule has 4 N–H and O–H groups in total. The molecule has 0 radical (unpaired) electrons. The molecule has 0 saturated heterocycles. The number of rotatable bonds is 5. The summed E-state index contributed by atoms with van der Waals surface area (Å²) in [6.45, 7) is 4.13. The van der Waals surface area contributed by atoms with Gasteiger partial charge in [-0.05, 0) is 55.7 Å². The van der Waals surface area contributed by atoms with Gasteiger partial charge in [-0.3, -0.25) is 10.6 Å². The first kappa shape index (κ1) is 15.2. The fourth-order valence-corrected chi connectivity index (χ4v) is 3.84. The van der Waals surface area contributed by atoms with Crippen molar-refractivity contribution in [3.05, 3.63) is 29.3 Å². The molecule has 5 heteroatoms. The number of carbonyl (C=O) groups is 1. The van der Waals surface area contributed by atoms with Crippen molar-refractivity contribution < 1.29 is 4.79 Å². The fourth-order valence-electron chi connectivity index (χ4n) is 2.69. The summed E-state index contributed by atoms with van der Waals surface area (Å²) in [7, 11) is 0. The molecular weight excluding hydrogens is 270 g/mol. The first-order chi connectivity index (χ1) is 9.63. The van der Waals surface area contributed by atoms with E-state index in [4.69, 9.17) is 5.84 Å². The van der Waals surface area contributed by atoms with E-state index in [0.717, 1.165) is 29.8 Å². The van der Waals surface area contributed by atoms with Crippen LogP contribution < -0.4 is 16.6 Å². The first-order valence-electron chi connectivity index (χ1n) is 7.13. The number of thioether (sulfide) groups is 1. The van der Waals surface area contributed by atoms with E-state index in [-0.39, 0.29) is 5.91 Å². The largest absolute Gasteiger partial charge is 0.349 e. The number of nitrogens with one attached hydrogen (secondary N) is 2. The molecule has 0 spiro atoms. The number of hydrazine groups is 1. The Bertz CT molecular complexity index is 478. The van der Waals surface area contributed by atoms with Crippen LogP contribution in [0.4, 0.5) is 5.69 Å². The van der Waals surface area contributed by atoms with Gasteiger partial charge in [-0.2, -0.15) is 11.8 Å². The molecule has 0 aliphatic heterocycles. The lowest BCUT2D eigenvalue weighted by Crippen LogP contribution is -2.33. The van der Waals surface area contributed by atoms with Gasteiger partial charge in [0.15, 0.2) is 0 Å². The van der Waals surface area contributed by atoms with Gasteiger partial charge in [-0.25, -0.2) is 0 Å². The van der Waals surface area contributed by atoms with Crippen molar-refractivity contribution in [2.75, 3.05) is 11.2 Å².